The lowest BCUT2D eigenvalue weighted by molar-refractivity contribution is 0.0382. The van der Waals surface area contributed by atoms with Crippen LogP contribution in [0.25, 0.3) is 0 Å². The van der Waals surface area contributed by atoms with Crippen LogP contribution in [0.3, 0.4) is 0 Å². The second kappa shape index (κ2) is 6.75. The molecule has 2 heteroatoms. The molecular weight excluding hydrogens is 210 g/mol. The molecule has 0 radical (unpaired) electrons. The van der Waals surface area contributed by atoms with E-state index >= 15 is 0 Å². The Morgan fingerprint density at radius 1 is 1.12 bits per heavy atom. The Morgan fingerprint density at radius 3 is 2.35 bits per heavy atom. The van der Waals surface area contributed by atoms with E-state index in [1.54, 1.807) is 0 Å². The van der Waals surface area contributed by atoms with Crippen molar-refractivity contribution in [2.75, 3.05) is 13.2 Å². The van der Waals surface area contributed by atoms with E-state index < -0.39 is 0 Å². The summed E-state index contributed by atoms with van der Waals surface area (Å²) >= 11 is 0. The Kier molecular flexibility index (Phi) is 5.30. The second-order valence-electron chi connectivity index (χ2n) is 5.94. The maximum Gasteiger partial charge on any atom is 0.0756 e. The van der Waals surface area contributed by atoms with Crippen molar-refractivity contribution < 1.29 is 4.74 Å². The molecular formula is C15H29NO. The van der Waals surface area contributed by atoms with E-state index in [4.69, 9.17) is 4.74 Å². The average molecular weight is 239 g/mol. The molecule has 3 unspecified atom stereocenters. The van der Waals surface area contributed by atoms with Crippen LogP contribution in [0.4, 0.5) is 0 Å². The SMILES string of the molecule is CCNC(C1CCCCCC1)C1OCCC1C. The van der Waals surface area contributed by atoms with Crippen molar-refractivity contribution in [1.29, 1.82) is 0 Å². The first-order valence-corrected chi connectivity index (χ1v) is 7.68. The Balaban J connectivity index is 1.98. The molecule has 1 aliphatic heterocycles. The number of rotatable bonds is 4. The molecule has 2 fully saturated rings. The van der Waals surface area contributed by atoms with Gasteiger partial charge in [0.15, 0.2) is 0 Å². The van der Waals surface area contributed by atoms with Crippen molar-refractivity contribution >= 4 is 0 Å². The number of likely N-dealkylation sites (N-methyl/N-ethyl adjacent to an activating group) is 1. The molecule has 2 aliphatic rings. The third-order valence-electron chi connectivity index (χ3n) is 4.65. The zero-order valence-electron chi connectivity index (χ0n) is 11.6. The van der Waals surface area contributed by atoms with Gasteiger partial charge in [0.2, 0.25) is 0 Å². The molecule has 2 nitrogen and oxygen atoms in total. The fraction of sp³-hybridized carbons (Fsp3) is 1.00. The highest BCUT2D eigenvalue weighted by atomic mass is 16.5. The summed E-state index contributed by atoms with van der Waals surface area (Å²) in [7, 11) is 0. The third kappa shape index (κ3) is 3.45. The predicted octanol–water partition coefficient (Wildman–Crippen LogP) is 3.36. The van der Waals surface area contributed by atoms with Gasteiger partial charge < -0.3 is 10.1 Å². The largest absolute Gasteiger partial charge is 0.376 e. The van der Waals surface area contributed by atoms with Crippen LogP contribution < -0.4 is 5.32 Å². The van der Waals surface area contributed by atoms with Crippen LogP contribution in [0, 0.1) is 11.8 Å². The lowest BCUT2D eigenvalue weighted by atomic mass is 9.84. The van der Waals surface area contributed by atoms with Gasteiger partial charge in [-0.1, -0.05) is 39.5 Å². The van der Waals surface area contributed by atoms with Crippen molar-refractivity contribution in [3.63, 3.8) is 0 Å². The molecule has 100 valence electrons. The summed E-state index contributed by atoms with van der Waals surface area (Å²) < 4.78 is 6.01. The Bertz CT molecular complexity index is 211. The molecule has 1 saturated heterocycles. The molecule has 1 N–H and O–H groups in total. The van der Waals surface area contributed by atoms with Crippen molar-refractivity contribution in [3.05, 3.63) is 0 Å². The second-order valence-corrected chi connectivity index (χ2v) is 5.94. The van der Waals surface area contributed by atoms with Gasteiger partial charge in [-0.3, -0.25) is 0 Å². The molecule has 17 heavy (non-hydrogen) atoms. The maximum atomic E-state index is 6.01. The summed E-state index contributed by atoms with van der Waals surface area (Å²) in [5.41, 5.74) is 0. The first kappa shape index (κ1) is 13.4. The third-order valence-corrected chi connectivity index (χ3v) is 4.65. The van der Waals surface area contributed by atoms with Crippen LogP contribution in [-0.4, -0.2) is 25.3 Å². The zero-order valence-corrected chi connectivity index (χ0v) is 11.6. The first-order valence-electron chi connectivity index (χ1n) is 7.68. The Hall–Kier alpha value is -0.0800. The molecule has 2 rings (SSSR count). The summed E-state index contributed by atoms with van der Waals surface area (Å²) in [4.78, 5) is 0. The van der Waals surface area contributed by atoms with Crippen LogP contribution >= 0.6 is 0 Å². The Morgan fingerprint density at radius 2 is 1.82 bits per heavy atom. The van der Waals surface area contributed by atoms with Gasteiger partial charge >= 0.3 is 0 Å². The lowest BCUT2D eigenvalue weighted by Gasteiger charge is -2.33. The summed E-state index contributed by atoms with van der Waals surface area (Å²) in [6, 6.07) is 0.607. The minimum atomic E-state index is 0.470. The van der Waals surface area contributed by atoms with E-state index in [9.17, 15) is 0 Å². The summed E-state index contributed by atoms with van der Waals surface area (Å²) in [6.07, 6.45) is 10.3. The van der Waals surface area contributed by atoms with Gasteiger partial charge in [0.05, 0.1) is 6.10 Å². The monoisotopic (exact) mass is 239 g/mol. The minimum absolute atomic E-state index is 0.470. The molecule has 0 aromatic rings. The summed E-state index contributed by atoms with van der Waals surface area (Å²) in [6.45, 7) is 6.64. The number of ether oxygens (including phenoxy) is 1. The highest BCUT2D eigenvalue weighted by Gasteiger charge is 2.36. The van der Waals surface area contributed by atoms with E-state index in [0.717, 1.165) is 25.0 Å². The van der Waals surface area contributed by atoms with Gasteiger partial charge in [0.25, 0.3) is 0 Å². The topological polar surface area (TPSA) is 21.3 Å². The normalized spacial score (nSPS) is 33.5. The van der Waals surface area contributed by atoms with Crippen molar-refractivity contribution in [2.45, 2.75) is 70.9 Å². The summed E-state index contributed by atoms with van der Waals surface area (Å²) in [5.74, 6) is 1.59. The highest BCUT2D eigenvalue weighted by Crippen LogP contribution is 2.32. The standard InChI is InChI=1S/C15H29NO/c1-3-16-14(15-12(2)10-11-17-15)13-8-6-4-5-7-9-13/h12-16H,3-11H2,1-2H3. The molecule has 0 amide bonds. The Labute approximate surface area is 107 Å². The van der Waals surface area contributed by atoms with E-state index in [-0.39, 0.29) is 0 Å². The van der Waals surface area contributed by atoms with Crippen LogP contribution in [0.5, 0.6) is 0 Å². The quantitative estimate of drug-likeness (QED) is 0.760. The summed E-state index contributed by atoms with van der Waals surface area (Å²) in [5, 5.41) is 3.73. The van der Waals surface area contributed by atoms with Gasteiger partial charge in [-0.2, -0.15) is 0 Å². The van der Waals surface area contributed by atoms with Crippen LogP contribution in [-0.2, 0) is 4.74 Å². The molecule has 0 aromatic heterocycles. The van der Waals surface area contributed by atoms with Gasteiger partial charge in [0.1, 0.15) is 0 Å². The smallest absolute Gasteiger partial charge is 0.0756 e. The van der Waals surface area contributed by atoms with Gasteiger partial charge in [-0.15, -0.1) is 0 Å². The van der Waals surface area contributed by atoms with E-state index in [1.807, 2.05) is 0 Å². The molecule has 0 spiro atoms. The van der Waals surface area contributed by atoms with Crippen molar-refractivity contribution in [1.82, 2.24) is 5.32 Å². The molecule has 0 aromatic carbocycles. The fourth-order valence-electron chi connectivity index (χ4n) is 3.63. The van der Waals surface area contributed by atoms with E-state index in [0.29, 0.717) is 12.1 Å². The van der Waals surface area contributed by atoms with Gasteiger partial charge in [0, 0.05) is 12.6 Å². The lowest BCUT2D eigenvalue weighted by Crippen LogP contribution is -2.47. The number of hydrogen-bond donors (Lipinski definition) is 1. The molecule has 0 bridgehead atoms. The van der Waals surface area contributed by atoms with Crippen LogP contribution in [0.1, 0.15) is 58.8 Å². The van der Waals surface area contributed by atoms with Gasteiger partial charge in [-0.05, 0) is 37.6 Å². The zero-order chi connectivity index (χ0) is 12.1. The molecule has 1 saturated carbocycles. The maximum absolute atomic E-state index is 6.01. The van der Waals surface area contributed by atoms with Crippen LogP contribution in [0.15, 0.2) is 0 Å². The average Bonchev–Trinajstić information content (AvgIpc) is 2.60. The minimum Gasteiger partial charge on any atom is -0.376 e. The van der Waals surface area contributed by atoms with E-state index in [1.165, 1.54) is 44.9 Å². The molecule has 1 aliphatic carbocycles. The molecule has 3 atom stereocenters. The number of hydrogen-bond acceptors (Lipinski definition) is 2. The highest BCUT2D eigenvalue weighted by molar-refractivity contribution is 4.90. The van der Waals surface area contributed by atoms with Gasteiger partial charge in [-0.25, -0.2) is 0 Å². The van der Waals surface area contributed by atoms with Crippen LogP contribution in [0.2, 0.25) is 0 Å². The fourth-order valence-corrected chi connectivity index (χ4v) is 3.63. The predicted molar refractivity (Wildman–Crippen MR) is 72.2 cm³/mol. The number of nitrogens with one attached hydrogen (secondary N) is 1. The molecule has 1 heterocycles. The first-order chi connectivity index (χ1) is 8.33. The van der Waals surface area contributed by atoms with Crippen molar-refractivity contribution in [2.24, 2.45) is 11.8 Å². The van der Waals surface area contributed by atoms with Crippen molar-refractivity contribution in [3.8, 4) is 0 Å². The van der Waals surface area contributed by atoms with E-state index in [2.05, 4.69) is 19.2 Å².